The summed E-state index contributed by atoms with van der Waals surface area (Å²) in [5.41, 5.74) is -0.934. The van der Waals surface area contributed by atoms with Gasteiger partial charge in [0.25, 0.3) is 0 Å². The molecule has 0 aliphatic heterocycles. The van der Waals surface area contributed by atoms with Crippen LogP contribution in [0.5, 0.6) is 0 Å². The van der Waals surface area contributed by atoms with Crippen LogP contribution in [0.25, 0.3) is 0 Å². The van der Waals surface area contributed by atoms with E-state index in [2.05, 4.69) is 10.3 Å². The Morgan fingerprint density at radius 1 is 1.25 bits per heavy atom. The molecular weight excluding hydrogens is 289 g/mol. The molecule has 0 bridgehead atoms. The highest BCUT2D eigenvalue weighted by atomic mass is 32.1. The van der Waals surface area contributed by atoms with Gasteiger partial charge in [0.05, 0.1) is 6.04 Å². The number of nitrogens with zero attached hydrogens (tertiary/aromatic N) is 1. The van der Waals surface area contributed by atoms with Crippen molar-refractivity contribution < 1.29 is 18.3 Å². The van der Waals surface area contributed by atoms with E-state index in [0.29, 0.717) is 6.42 Å². The summed E-state index contributed by atoms with van der Waals surface area (Å²) < 4.78 is 37.8. The van der Waals surface area contributed by atoms with Crippen molar-refractivity contribution in [3.63, 3.8) is 0 Å². The minimum atomic E-state index is -4.47. The fraction of sp³-hybridized carbons (Fsp3) is 0.308. The van der Waals surface area contributed by atoms with Gasteiger partial charge in [-0.25, -0.2) is 4.98 Å². The fourth-order valence-electron chi connectivity index (χ4n) is 1.76. The Hall–Kier alpha value is -1.60. The minimum absolute atomic E-state index is 0.0610. The van der Waals surface area contributed by atoms with E-state index in [-0.39, 0.29) is 18.5 Å². The summed E-state index contributed by atoms with van der Waals surface area (Å²) in [7, 11) is 0. The predicted molar refractivity (Wildman–Crippen MR) is 71.6 cm³/mol. The molecule has 0 aromatic carbocycles. The molecule has 0 unspecified atom stereocenters. The van der Waals surface area contributed by atoms with Gasteiger partial charge in [-0.1, -0.05) is 12.1 Å². The van der Waals surface area contributed by atoms with Crippen LogP contribution >= 0.6 is 11.3 Å². The van der Waals surface area contributed by atoms with Crippen LogP contribution in [0, 0.1) is 0 Å². The van der Waals surface area contributed by atoms with Crippen molar-refractivity contribution in [1.82, 2.24) is 4.98 Å². The molecule has 2 rings (SSSR count). The largest absolute Gasteiger partial charge is 0.433 e. The molecule has 2 N–H and O–H groups in total. The van der Waals surface area contributed by atoms with Crippen LogP contribution in [0.15, 0.2) is 35.7 Å². The Labute approximate surface area is 118 Å². The zero-order valence-corrected chi connectivity index (χ0v) is 11.2. The second kappa shape index (κ2) is 6.23. The zero-order valence-electron chi connectivity index (χ0n) is 10.4. The van der Waals surface area contributed by atoms with Gasteiger partial charge in [-0.05, 0) is 30.0 Å². The SMILES string of the molecule is OCC[C@@H](Nc1cccc(C(F)(F)F)n1)c1cccs1. The first kappa shape index (κ1) is 14.8. The van der Waals surface area contributed by atoms with Gasteiger partial charge in [-0.3, -0.25) is 0 Å². The summed E-state index contributed by atoms with van der Waals surface area (Å²) in [6.07, 6.45) is -4.06. The van der Waals surface area contributed by atoms with Crippen LogP contribution < -0.4 is 5.32 Å². The highest BCUT2D eigenvalue weighted by Gasteiger charge is 2.32. The van der Waals surface area contributed by atoms with E-state index >= 15 is 0 Å². The van der Waals surface area contributed by atoms with Crippen molar-refractivity contribution in [2.45, 2.75) is 18.6 Å². The van der Waals surface area contributed by atoms with E-state index in [1.54, 1.807) is 0 Å². The van der Waals surface area contributed by atoms with Crippen molar-refractivity contribution in [2.24, 2.45) is 0 Å². The first-order chi connectivity index (χ1) is 9.50. The minimum Gasteiger partial charge on any atom is -0.396 e. The zero-order chi connectivity index (χ0) is 14.6. The smallest absolute Gasteiger partial charge is 0.396 e. The van der Waals surface area contributed by atoms with Crippen LogP contribution in [0.1, 0.15) is 23.0 Å². The average Bonchev–Trinajstić information content (AvgIpc) is 2.91. The Morgan fingerprint density at radius 2 is 2.05 bits per heavy atom. The molecule has 1 atom stereocenters. The maximum absolute atomic E-state index is 12.6. The van der Waals surface area contributed by atoms with E-state index in [9.17, 15) is 13.2 Å². The predicted octanol–water partition coefficient (Wildman–Crippen LogP) is 3.70. The highest BCUT2D eigenvalue weighted by molar-refractivity contribution is 7.10. The summed E-state index contributed by atoms with van der Waals surface area (Å²) in [5.74, 6) is 0.145. The molecule has 0 fully saturated rings. The Balaban J connectivity index is 2.19. The third-order valence-corrected chi connectivity index (χ3v) is 3.65. The molecule has 0 amide bonds. The molecule has 2 aromatic rings. The summed E-state index contributed by atoms with van der Waals surface area (Å²) in [6, 6.07) is 7.18. The van der Waals surface area contributed by atoms with Gasteiger partial charge in [0.1, 0.15) is 11.5 Å². The fourth-order valence-corrected chi connectivity index (χ4v) is 2.57. The number of aromatic nitrogens is 1. The van der Waals surface area contributed by atoms with Crippen molar-refractivity contribution in [3.05, 3.63) is 46.3 Å². The van der Waals surface area contributed by atoms with Crippen molar-refractivity contribution in [1.29, 1.82) is 0 Å². The van der Waals surface area contributed by atoms with Crippen molar-refractivity contribution in [2.75, 3.05) is 11.9 Å². The van der Waals surface area contributed by atoms with E-state index < -0.39 is 11.9 Å². The molecule has 0 saturated heterocycles. The maximum Gasteiger partial charge on any atom is 0.433 e. The molecule has 0 radical (unpaired) electrons. The monoisotopic (exact) mass is 302 g/mol. The second-order valence-electron chi connectivity index (χ2n) is 4.13. The van der Waals surface area contributed by atoms with Gasteiger partial charge in [-0.15, -0.1) is 11.3 Å². The van der Waals surface area contributed by atoms with Gasteiger partial charge in [0, 0.05) is 11.5 Å². The summed E-state index contributed by atoms with van der Waals surface area (Å²) in [5, 5.41) is 13.9. The first-order valence-electron chi connectivity index (χ1n) is 5.96. The van der Waals surface area contributed by atoms with Crippen molar-refractivity contribution in [3.8, 4) is 0 Å². The third kappa shape index (κ3) is 3.71. The quantitative estimate of drug-likeness (QED) is 0.885. The summed E-state index contributed by atoms with van der Waals surface area (Å²) >= 11 is 1.48. The summed E-state index contributed by atoms with van der Waals surface area (Å²) in [6.45, 7) is -0.0610. The molecule has 108 valence electrons. The van der Waals surface area contributed by atoms with Gasteiger partial charge < -0.3 is 10.4 Å². The van der Waals surface area contributed by atoms with Crippen molar-refractivity contribution >= 4 is 17.2 Å². The first-order valence-corrected chi connectivity index (χ1v) is 6.83. The molecule has 0 aliphatic rings. The number of hydrogen-bond donors (Lipinski definition) is 2. The number of thiophene rings is 1. The molecule has 2 heterocycles. The number of hydrogen-bond acceptors (Lipinski definition) is 4. The Kier molecular flexibility index (Phi) is 4.61. The highest BCUT2D eigenvalue weighted by Crippen LogP contribution is 2.30. The standard InChI is InChI=1S/C13H13F3N2OS/c14-13(15,16)11-4-1-5-12(18-11)17-9(6-7-19)10-3-2-8-20-10/h1-5,8-9,19H,6-7H2,(H,17,18)/t9-/m1/s1. The van der Waals surface area contributed by atoms with E-state index in [1.165, 1.54) is 23.5 Å². The molecule has 0 spiro atoms. The molecular formula is C13H13F3N2OS. The van der Waals surface area contributed by atoms with Crippen LogP contribution in [-0.4, -0.2) is 16.7 Å². The molecule has 0 saturated carbocycles. The Morgan fingerprint density at radius 3 is 2.65 bits per heavy atom. The number of pyridine rings is 1. The lowest BCUT2D eigenvalue weighted by Crippen LogP contribution is -2.14. The lowest BCUT2D eigenvalue weighted by Gasteiger charge is -2.17. The second-order valence-corrected chi connectivity index (χ2v) is 5.11. The van der Waals surface area contributed by atoms with Gasteiger partial charge in [0.2, 0.25) is 0 Å². The van der Waals surface area contributed by atoms with E-state index in [1.807, 2.05) is 17.5 Å². The topological polar surface area (TPSA) is 45.1 Å². The number of aliphatic hydroxyl groups is 1. The average molecular weight is 302 g/mol. The maximum atomic E-state index is 12.6. The van der Waals surface area contributed by atoms with E-state index in [4.69, 9.17) is 5.11 Å². The number of anilines is 1. The molecule has 3 nitrogen and oxygen atoms in total. The number of rotatable bonds is 5. The van der Waals surface area contributed by atoms with Gasteiger partial charge >= 0.3 is 6.18 Å². The van der Waals surface area contributed by atoms with E-state index in [0.717, 1.165) is 10.9 Å². The number of nitrogens with one attached hydrogen (secondary N) is 1. The molecule has 20 heavy (non-hydrogen) atoms. The van der Waals surface area contributed by atoms with Crippen LogP contribution in [0.3, 0.4) is 0 Å². The van der Waals surface area contributed by atoms with Crippen LogP contribution in [0.4, 0.5) is 19.0 Å². The van der Waals surface area contributed by atoms with Gasteiger partial charge in [0.15, 0.2) is 0 Å². The third-order valence-electron chi connectivity index (χ3n) is 2.67. The number of halogens is 3. The lowest BCUT2D eigenvalue weighted by molar-refractivity contribution is -0.141. The van der Waals surface area contributed by atoms with Crippen LogP contribution in [-0.2, 0) is 6.18 Å². The number of aliphatic hydroxyl groups excluding tert-OH is 1. The summed E-state index contributed by atoms with van der Waals surface area (Å²) in [4.78, 5) is 4.51. The number of alkyl halides is 3. The normalized spacial score (nSPS) is 13.2. The van der Waals surface area contributed by atoms with Gasteiger partial charge in [-0.2, -0.15) is 13.2 Å². The molecule has 0 aliphatic carbocycles. The molecule has 7 heteroatoms. The molecule has 2 aromatic heterocycles. The lowest BCUT2D eigenvalue weighted by atomic mass is 10.2. The van der Waals surface area contributed by atoms with Crippen LogP contribution in [0.2, 0.25) is 0 Å². The Bertz CT molecular complexity index is 543.